The second-order valence-electron chi connectivity index (χ2n) is 4.74. The summed E-state index contributed by atoms with van der Waals surface area (Å²) in [5.41, 5.74) is 0. The number of aryl methyl sites for hydroxylation is 1. The second kappa shape index (κ2) is 6.12. The van der Waals surface area contributed by atoms with Gasteiger partial charge in [0.1, 0.15) is 0 Å². The van der Waals surface area contributed by atoms with E-state index in [1.165, 1.54) is 32.5 Å². The number of hydrogen-bond acceptors (Lipinski definition) is 5. The van der Waals surface area contributed by atoms with Gasteiger partial charge in [0.2, 0.25) is 5.89 Å². The summed E-state index contributed by atoms with van der Waals surface area (Å²) in [6.07, 6.45) is 2.60. The van der Waals surface area contributed by atoms with Gasteiger partial charge in [-0.1, -0.05) is 12.1 Å². The Morgan fingerprint density at radius 2 is 2.18 bits per heavy atom. The molecule has 96 valence electrons. The van der Waals surface area contributed by atoms with Crippen LogP contribution in [0.15, 0.2) is 4.52 Å². The SMILES string of the molecule is CCN1CCC(CNCc2noc(C)n2)CC1. The van der Waals surface area contributed by atoms with E-state index in [0.717, 1.165) is 18.3 Å². The largest absolute Gasteiger partial charge is 0.340 e. The van der Waals surface area contributed by atoms with E-state index >= 15 is 0 Å². The smallest absolute Gasteiger partial charge is 0.223 e. The third kappa shape index (κ3) is 3.78. The minimum absolute atomic E-state index is 0.637. The van der Waals surface area contributed by atoms with Crippen LogP contribution in [0.3, 0.4) is 0 Å². The molecule has 0 spiro atoms. The molecule has 1 aromatic rings. The molecule has 5 nitrogen and oxygen atoms in total. The highest BCUT2D eigenvalue weighted by atomic mass is 16.5. The lowest BCUT2D eigenvalue weighted by Crippen LogP contribution is -2.37. The first-order valence-electron chi connectivity index (χ1n) is 6.50. The van der Waals surface area contributed by atoms with Gasteiger partial charge in [0, 0.05) is 6.92 Å². The van der Waals surface area contributed by atoms with Crippen LogP contribution in [-0.2, 0) is 6.54 Å². The predicted octanol–water partition coefficient (Wildman–Crippen LogP) is 1.20. The molecule has 17 heavy (non-hydrogen) atoms. The molecule has 5 heteroatoms. The number of nitrogens with one attached hydrogen (secondary N) is 1. The van der Waals surface area contributed by atoms with Gasteiger partial charge < -0.3 is 14.7 Å². The van der Waals surface area contributed by atoms with Gasteiger partial charge >= 0.3 is 0 Å². The monoisotopic (exact) mass is 238 g/mol. The maximum atomic E-state index is 4.93. The number of nitrogens with zero attached hydrogens (tertiary/aromatic N) is 3. The van der Waals surface area contributed by atoms with Gasteiger partial charge in [0.05, 0.1) is 6.54 Å². The molecule has 1 fully saturated rings. The molecule has 2 heterocycles. The van der Waals surface area contributed by atoms with Crippen LogP contribution >= 0.6 is 0 Å². The molecule has 1 saturated heterocycles. The highest BCUT2D eigenvalue weighted by Gasteiger charge is 2.17. The van der Waals surface area contributed by atoms with Gasteiger partial charge in [-0.05, 0) is 44.9 Å². The summed E-state index contributed by atoms with van der Waals surface area (Å²) in [5, 5.41) is 7.28. The zero-order valence-corrected chi connectivity index (χ0v) is 10.8. The van der Waals surface area contributed by atoms with E-state index in [9.17, 15) is 0 Å². The van der Waals surface area contributed by atoms with Crippen molar-refractivity contribution >= 4 is 0 Å². The molecule has 0 bridgehead atoms. The Bertz CT molecular complexity index is 331. The molecule has 0 atom stereocenters. The molecule has 0 aliphatic carbocycles. The Morgan fingerprint density at radius 3 is 2.76 bits per heavy atom. The first-order valence-corrected chi connectivity index (χ1v) is 6.50. The molecule has 1 aliphatic rings. The van der Waals surface area contributed by atoms with Gasteiger partial charge in [-0.2, -0.15) is 4.98 Å². The van der Waals surface area contributed by atoms with Gasteiger partial charge in [0.15, 0.2) is 5.82 Å². The number of hydrogen-bond donors (Lipinski definition) is 1. The van der Waals surface area contributed by atoms with Crippen LogP contribution in [0.4, 0.5) is 0 Å². The minimum Gasteiger partial charge on any atom is -0.340 e. The van der Waals surface area contributed by atoms with Crippen LogP contribution in [0.1, 0.15) is 31.5 Å². The average molecular weight is 238 g/mol. The van der Waals surface area contributed by atoms with Crippen LogP contribution < -0.4 is 5.32 Å². The Hall–Kier alpha value is -0.940. The Kier molecular flexibility index (Phi) is 4.50. The lowest BCUT2D eigenvalue weighted by Gasteiger charge is -2.31. The Labute approximate surface area is 103 Å². The molecule has 1 N–H and O–H groups in total. The van der Waals surface area contributed by atoms with Crippen LogP contribution in [0, 0.1) is 12.8 Å². The lowest BCUT2D eigenvalue weighted by molar-refractivity contribution is 0.190. The molecule has 2 rings (SSSR count). The van der Waals surface area contributed by atoms with Crippen molar-refractivity contribution in [1.29, 1.82) is 0 Å². The van der Waals surface area contributed by atoms with Gasteiger partial charge in [-0.15, -0.1) is 0 Å². The summed E-state index contributed by atoms with van der Waals surface area (Å²) in [6, 6.07) is 0. The van der Waals surface area contributed by atoms with E-state index in [1.807, 2.05) is 6.92 Å². The average Bonchev–Trinajstić information content (AvgIpc) is 2.76. The Morgan fingerprint density at radius 1 is 1.41 bits per heavy atom. The molecule has 0 amide bonds. The molecule has 0 unspecified atom stereocenters. The minimum atomic E-state index is 0.637. The molecule has 0 aromatic carbocycles. The number of likely N-dealkylation sites (tertiary alicyclic amines) is 1. The highest BCUT2D eigenvalue weighted by Crippen LogP contribution is 2.15. The maximum Gasteiger partial charge on any atom is 0.223 e. The third-order valence-electron chi connectivity index (χ3n) is 3.44. The summed E-state index contributed by atoms with van der Waals surface area (Å²) in [4.78, 5) is 6.68. The van der Waals surface area contributed by atoms with Gasteiger partial charge in [-0.25, -0.2) is 0 Å². The van der Waals surface area contributed by atoms with Crippen molar-refractivity contribution in [1.82, 2.24) is 20.4 Å². The van der Waals surface area contributed by atoms with Crippen molar-refractivity contribution in [2.45, 2.75) is 33.2 Å². The first kappa shape index (κ1) is 12.5. The van der Waals surface area contributed by atoms with Gasteiger partial charge in [0.25, 0.3) is 0 Å². The van der Waals surface area contributed by atoms with Crippen molar-refractivity contribution in [3.63, 3.8) is 0 Å². The predicted molar refractivity (Wildman–Crippen MR) is 65.6 cm³/mol. The van der Waals surface area contributed by atoms with Crippen molar-refractivity contribution < 1.29 is 4.52 Å². The van der Waals surface area contributed by atoms with Crippen molar-refractivity contribution in [3.05, 3.63) is 11.7 Å². The summed E-state index contributed by atoms with van der Waals surface area (Å²) in [7, 11) is 0. The number of rotatable bonds is 5. The van der Waals surface area contributed by atoms with Crippen LogP contribution in [0.5, 0.6) is 0 Å². The molecule has 1 aromatic heterocycles. The normalized spacial score (nSPS) is 18.7. The highest BCUT2D eigenvalue weighted by molar-refractivity contribution is 4.83. The van der Waals surface area contributed by atoms with E-state index in [2.05, 4.69) is 27.3 Å². The molecular weight excluding hydrogens is 216 g/mol. The van der Waals surface area contributed by atoms with E-state index < -0.39 is 0 Å². The van der Waals surface area contributed by atoms with Crippen LogP contribution in [0.25, 0.3) is 0 Å². The van der Waals surface area contributed by atoms with Crippen molar-refractivity contribution in [3.8, 4) is 0 Å². The van der Waals surface area contributed by atoms with E-state index in [1.54, 1.807) is 0 Å². The Balaban J connectivity index is 1.63. The fraction of sp³-hybridized carbons (Fsp3) is 0.833. The molecule has 1 aliphatic heterocycles. The third-order valence-corrected chi connectivity index (χ3v) is 3.44. The molecule has 0 saturated carbocycles. The van der Waals surface area contributed by atoms with Crippen molar-refractivity contribution in [2.75, 3.05) is 26.2 Å². The van der Waals surface area contributed by atoms with E-state index in [4.69, 9.17) is 4.52 Å². The fourth-order valence-corrected chi connectivity index (χ4v) is 2.31. The van der Waals surface area contributed by atoms with Gasteiger partial charge in [-0.3, -0.25) is 0 Å². The fourth-order valence-electron chi connectivity index (χ4n) is 2.31. The van der Waals surface area contributed by atoms with Crippen molar-refractivity contribution in [2.24, 2.45) is 5.92 Å². The maximum absolute atomic E-state index is 4.93. The number of piperidine rings is 1. The van der Waals surface area contributed by atoms with Crippen LogP contribution in [0.2, 0.25) is 0 Å². The molecule has 0 radical (unpaired) electrons. The second-order valence-corrected chi connectivity index (χ2v) is 4.74. The standard InChI is InChI=1S/C12H22N4O/c1-3-16-6-4-11(5-7-16)8-13-9-12-14-10(2)17-15-12/h11,13H,3-9H2,1-2H3. The van der Waals surface area contributed by atoms with E-state index in [-0.39, 0.29) is 0 Å². The number of aromatic nitrogens is 2. The summed E-state index contributed by atoms with van der Waals surface area (Å²) >= 11 is 0. The lowest BCUT2D eigenvalue weighted by atomic mass is 9.97. The topological polar surface area (TPSA) is 54.2 Å². The summed E-state index contributed by atoms with van der Waals surface area (Å²) in [5.74, 6) is 2.19. The molecular formula is C12H22N4O. The summed E-state index contributed by atoms with van der Waals surface area (Å²) in [6.45, 7) is 9.49. The zero-order chi connectivity index (χ0) is 12.1. The zero-order valence-electron chi connectivity index (χ0n) is 10.8. The summed E-state index contributed by atoms with van der Waals surface area (Å²) < 4.78 is 4.93. The first-order chi connectivity index (χ1) is 8.28. The van der Waals surface area contributed by atoms with Crippen LogP contribution in [-0.4, -0.2) is 41.2 Å². The quantitative estimate of drug-likeness (QED) is 0.835. The van der Waals surface area contributed by atoms with E-state index in [0.29, 0.717) is 12.4 Å².